The average Bonchev–Trinajstić information content (AvgIpc) is 2.58. The van der Waals surface area contributed by atoms with Crippen molar-refractivity contribution >= 4 is 29.9 Å². The molecule has 0 radical (unpaired) electrons. The number of allylic oxidation sites excluding steroid dienone is 1. The number of rotatable bonds is 5. The van der Waals surface area contributed by atoms with Crippen LogP contribution in [-0.4, -0.2) is 43.6 Å². The lowest BCUT2D eigenvalue weighted by Crippen LogP contribution is -2.48. The van der Waals surface area contributed by atoms with Crippen molar-refractivity contribution in [2.45, 2.75) is 33.3 Å². The van der Waals surface area contributed by atoms with Gasteiger partial charge in [0, 0.05) is 19.6 Å². The predicted octanol–water partition coefficient (Wildman–Crippen LogP) is 3.92. The van der Waals surface area contributed by atoms with Gasteiger partial charge in [-0.15, -0.1) is 24.0 Å². The number of aliphatic imine (C=N–C) groups is 1. The van der Waals surface area contributed by atoms with Crippen molar-refractivity contribution in [1.82, 2.24) is 10.2 Å². The lowest BCUT2D eigenvalue weighted by Gasteiger charge is -2.35. The highest BCUT2D eigenvalue weighted by atomic mass is 127. The first kappa shape index (κ1) is 21.0. The number of guanidine groups is 1. The van der Waals surface area contributed by atoms with Gasteiger partial charge in [0.25, 0.3) is 0 Å². The van der Waals surface area contributed by atoms with Gasteiger partial charge >= 0.3 is 0 Å². The lowest BCUT2D eigenvalue weighted by atomic mass is 10.0. The third-order valence-electron chi connectivity index (χ3n) is 4.03. The largest absolute Gasteiger partial charge is 0.370 e. The summed E-state index contributed by atoms with van der Waals surface area (Å²) in [5.41, 5.74) is 2.57. The molecule has 1 saturated heterocycles. The third kappa shape index (κ3) is 6.09. The first-order valence-electron chi connectivity index (χ1n) is 8.57. The van der Waals surface area contributed by atoms with Crippen LogP contribution >= 0.6 is 24.0 Å². The van der Waals surface area contributed by atoms with E-state index in [2.05, 4.69) is 60.5 Å². The summed E-state index contributed by atoms with van der Waals surface area (Å²) in [6.45, 7) is 10.5. The monoisotopic (exact) mass is 443 g/mol. The molecule has 0 saturated carbocycles. The molecule has 1 heterocycles. The first-order chi connectivity index (χ1) is 11.3. The Hall–Kier alpha value is -1.08. The van der Waals surface area contributed by atoms with Gasteiger partial charge in [-0.25, -0.2) is 0 Å². The fourth-order valence-corrected chi connectivity index (χ4v) is 2.82. The van der Waals surface area contributed by atoms with Crippen LogP contribution in [0.1, 0.15) is 37.5 Å². The van der Waals surface area contributed by atoms with E-state index < -0.39 is 0 Å². The van der Waals surface area contributed by atoms with Crippen LogP contribution in [0.5, 0.6) is 0 Å². The van der Waals surface area contributed by atoms with E-state index in [1.165, 1.54) is 11.1 Å². The second kappa shape index (κ2) is 11.5. The maximum absolute atomic E-state index is 6.01. The number of nitrogens with zero attached hydrogens (tertiary/aromatic N) is 2. The van der Waals surface area contributed by atoms with Gasteiger partial charge in [-0.3, -0.25) is 4.99 Å². The van der Waals surface area contributed by atoms with Crippen molar-refractivity contribution in [3.63, 3.8) is 0 Å². The SMILES string of the molecule is C/C=C/CCN=C(NCC)N1CCOC(c2ccccc2C)C1.I. The van der Waals surface area contributed by atoms with Crippen molar-refractivity contribution in [3.05, 3.63) is 47.5 Å². The summed E-state index contributed by atoms with van der Waals surface area (Å²) in [7, 11) is 0. The number of morpholine rings is 1. The minimum absolute atomic E-state index is 0. The van der Waals surface area contributed by atoms with Gasteiger partial charge in [-0.05, 0) is 38.3 Å². The Morgan fingerprint density at radius 1 is 1.42 bits per heavy atom. The van der Waals surface area contributed by atoms with E-state index in [0.717, 1.165) is 45.2 Å². The molecule has 2 rings (SSSR count). The molecule has 0 aromatic heterocycles. The van der Waals surface area contributed by atoms with E-state index in [9.17, 15) is 0 Å². The number of aryl methyl sites for hydroxylation is 1. The zero-order chi connectivity index (χ0) is 16.5. The van der Waals surface area contributed by atoms with Crippen LogP contribution < -0.4 is 5.32 Å². The summed E-state index contributed by atoms with van der Waals surface area (Å²) in [5, 5.41) is 3.41. The summed E-state index contributed by atoms with van der Waals surface area (Å²) < 4.78 is 6.01. The smallest absolute Gasteiger partial charge is 0.194 e. The quantitative estimate of drug-likeness (QED) is 0.247. The Morgan fingerprint density at radius 2 is 2.21 bits per heavy atom. The molecule has 1 aromatic carbocycles. The average molecular weight is 443 g/mol. The molecular weight excluding hydrogens is 413 g/mol. The van der Waals surface area contributed by atoms with Gasteiger partial charge < -0.3 is 15.0 Å². The van der Waals surface area contributed by atoms with E-state index in [1.807, 2.05) is 6.92 Å². The fourth-order valence-electron chi connectivity index (χ4n) is 2.82. The highest BCUT2D eigenvalue weighted by Gasteiger charge is 2.24. The Labute approximate surface area is 163 Å². The molecule has 0 spiro atoms. The van der Waals surface area contributed by atoms with Gasteiger partial charge in [0.2, 0.25) is 0 Å². The van der Waals surface area contributed by atoms with Crippen molar-refractivity contribution < 1.29 is 4.74 Å². The van der Waals surface area contributed by atoms with Gasteiger partial charge in [0.15, 0.2) is 5.96 Å². The van der Waals surface area contributed by atoms with Crippen molar-refractivity contribution in [1.29, 1.82) is 0 Å². The van der Waals surface area contributed by atoms with Crippen molar-refractivity contribution in [2.75, 3.05) is 32.8 Å². The molecule has 1 atom stereocenters. The molecule has 4 nitrogen and oxygen atoms in total. The van der Waals surface area contributed by atoms with Crippen LogP contribution in [-0.2, 0) is 4.74 Å². The van der Waals surface area contributed by atoms with Gasteiger partial charge in [-0.2, -0.15) is 0 Å². The predicted molar refractivity (Wildman–Crippen MR) is 112 cm³/mol. The molecule has 0 amide bonds. The van der Waals surface area contributed by atoms with E-state index >= 15 is 0 Å². The van der Waals surface area contributed by atoms with Crippen LogP contribution in [0, 0.1) is 6.92 Å². The van der Waals surface area contributed by atoms with Crippen molar-refractivity contribution in [3.8, 4) is 0 Å². The maximum Gasteiger partial charge on any atom is 0.194 e. The topological polar surface area (TPSA) is 36.9 Å². The van der Waals surface area contributed by atoms with Crippen LogP contribution in [0.2, 0.25) is 0 Å². The Balaban J connectivity index is 0.00000288. The lowest BCUT2D eigenvalue weighted by molar-refractivity contribution is -0.00832. The van der Waals surface area contributed by atoms with E-state index in [0.29, 0.717) is 0 Å². The second-order valence-electron chi connectivity index (χ2n) is 5.76. The summed E-state index contributed by atoms with van der Waals surface area (Å²) >= 11 is 0. The summed E-state index contributed by atoms with van der Waals surface area (Å²) in [6, 6.07) is 8.47. The number of hydrogen-bond donors (Lipinski definition) is 1. The molecule has 1 aliphatic rings. The molecule has 1 N–H and O–H groups in total. The summed E-state index contributed by atoms with van der Waals surface area (Å²) in [4.78, 5) is 7.07. The molecule has 1 fully saturated rings. The highest BCUT2D eigenvalue weighted by Crippen LogP contribution is 2.24. The number of ether oxygens (including phenoxy) is 1. The molecule has 1 aliphatic heterocycles. The molecule has 0 bridgehead atoms. The number of halogens is 1. The molecule has 5 heteroatoms. The normalized spacial score (nSPS) is 18.5. The number of nitrogens with one attached hydrogen (secondary N) is 1. The third-order valence-corrected chi connectivity index (χ3v) is 4.03. The van der Waals surface area contributed by atoms with Gasteiger partial charge in [-0.1, -0.05) is 36.4 Å². The van der Waals surface area contributed by atoms with Crippen LogP contribution in [0.4, 0.5) is 0 Å². The molecule has 0 aliphatic carbocycles. The van der Waals surface area contributed by atoms with Gasteiger partial charge in [0.05, 0.1) is 13.2 Å². The standard InChI is InChI=1S/C19H29N3O.HI/c1-4-6-9-12-21-19(20-5-2)22-13-14-23-18(15-22)17-11-8-7-10-16(17)3;/h4,6-8,10-11,18H,5,9,12-15H2,1-3H3,(H,20,21);1H/b6-4+;. The second-order valence-corrected chi connectivity index (χ2v) is 5.76. The Kier molecular flexibility index (Phi) is 10.0. The number of benzene rings is 1. The van der Waals surface area contributed by atoms with Crippen LogP contribution in [0.15, 0.2) is 41.4 Å². The summed E-state index contributed by atoms with van der Waals surface area (Å²) in [5.74, 6) is 0.999. The van der Waals surface area contributed by atoms with E-state index in [1.54, 1.807) is 0 Å². The maximum atomic E-state index is 6.01. The molecular formula is C19H30IN3O. The fraction of sp³-hybridized carbons (Fsp3) is 0.526. The highest BCUT2D eigenvalue weighted by molar-refractivity contribution is 14.0. The zero-order valence-corrected chi connectivity index (χ0v) is 17.3. The molecule has 24 heavy (non-hydrogen) atoms. The Bertz CT molecular complexity index is 545. The molecule has 134 valence electrons. The van der Waals surface area contributed by atoms with E-state index in [-0.39, 0.29) is 30.1 Å². The zero-order valence-electron chi connectivity index (χ0n) is 15.0. The van der Waals surface area contributed by atoms with Crippen molar-refractivity contribution in [2.24, 2.45) is 4.99 Å². The first-order valence-corrected chi connectivity index (χ1v) is 8.57. The number of hydrogen-bond acceptors (Lipinski definition) is 2. The minimum Gasteiger partial charge on any atom is -0.370 e. The molecule has 1 aromatic rings. The summed E-state index contributed by atoms with van der Waals surface area (Å²) in [6.07, 6.45) is 5.33. The van der Waals surface area contributed by atoms with Crippen LogP contribution in [0.3, 0.4) is 0 Å². The van der Waals surface area contributed by atoms with Gasteiger partial charge in [0.1, 0.15) is 6.10 Å². The minimum atomic E-state index is 0. The van der Waals surface area contributed by atoms with Crippen LogP contribution in [0.25, 0.3) is 0 Å². The molecule has 1 unspecified atom stereocenters. The van der Waals surface area contributed by atoms with E-state index in [4.69, 9.17) is 9.73 Å². The Morgan fingerprint density at radius 3 is 2.92 bits per heavy atom.